The van der Waals surface area contributed by atoms with E-state index in [-0.39, 0.29) is 17.6 Å². The molecule has 7 nitrogen and oxygen atoms in total. The lowest BCUT2D eigenvalue weighted by Crippen LogP contribution is -2.28. The summed E-state index contributed by atoms with van der Waals surface area (Å²) in [5.74, 6) is 0.00804. The number of aromatic nitrogens is 3. The zero-order chi connectivity index (χ0) is 23.4. The minimum Gasteiger partial charge on any atom is -0.342 e. The van der Waals surface area contributed by atoms with Gasteiger partial charge in [0, 0.05) is 17.6 Å². The molecule has 0 saturated carbocycles. The first-order chi connectivity index (χ1) is 15.2. The fourth-order valence-electron chi connectivity index (χ4n) is 2.72. The lowest BCUT2D eigenvalue weighted by Gasteiger charge is -2.14. The van der Waals surface area contributed by atoms with Crippen molar-refractivity contribution >= 4 is 75.7 Å². The van der Waals surface area contributed by atoms with Crippen LogP contribution >= 0.6 is 58.2 Å². The summed E-state index contributed by atoms with van der Waals surface area (Å²) in [6, 6.07) is 9.01. The van der Waals surface area contributed by atoms with Crippen molar-refractivity contribution in [1.82, 2.24) is 20.1 Å². The van der Waals surface area contributed by atoms with E-state index in [1.807, 2.05) is 0 Å². The molecule has 12 heteroatoms. The van der Waals surface area contributed by atoms with Crippen molar-refractivity contribution in [1.29, 1.82) is 0 Å². The number of nitrogens with zero attached hydrogens (tertiary/aromatic N) is 3. The summed E-state index contributed by atoms with van der Waals surface area (Å²) >= 11 is 25.1. The quantitative estimate of drug-likeness (QED) is 0.384. The Balaban J connectivity index is 1.60. The van der Waals surface area contributed by atoms with Crippen molar-refractivity contribution in [3.8, 4) is 0 Å². The maximum absolute atomic E-state index is 12.5. The Labute approximate surface area is 208 Å². The van der Waals surface area contributed by atoms with Crippen LogP contribution in [0.25, 0.3) is 0 Å². The van der Waals surface area contributed by atoms with Crippen molar-refractivity contribution in [3.05, 3.63) is 67.9 Å². The predicted molar refractivity (Wildman–Crippen MR) is 129 cm³/mol. The van der Waals surface area contributed by atoms with E-state index in [0.717, 1.165) is 0 Å². The number of anilines is 1. The molecule has 1 aromatic heterocycles. The number of benzene rings is 2. The molecule has 2 amide bonds. The molecule has 0 unspecified atom stereocenters. The zero-order valence-electron chi connectivity index (χ0n) is 16.8. The number of rotatable bonds is 7. The van der Waals surface area contributed by atoms with Crippen LogP contribution < -0.4 is 10.6 Å². The summed E-state index contributed by atoms with van der Waals surface area (Å²) in [5, 5.41) is 15.8. The van der Waals surface area contributed by atoms with Gasteiger partial charge in [-0.25, -0.2) is 0 Å². The van der Waals surface area contributed by atoms with E-state index in [4.69, 9.17) is 46.4 Å². The molecule has 0 aliphatic rings. The van der Waals surface area contributed by atoms with Gasteiger partial charge >= 0.3 is 0 Å². The fourth-order valence-corrected chi connectivity index (χ4v) is 4.07. The Morgan fingerprint density at radius 1 is 1.03 bits per heavy atom. The van der Waals surface area contributed by atoms with E-state index in [1.54, 1.807) is 48.9 Å². The topological polar surface area (TPSA) is 88.9 Å². The van der Waals surface area contributed by atoms with Crippen LogP contribution in [0.15, 0.2) is 41.6 Å². The normalized spacial score (nSPS) is 11.8. The first-order valence-corrected chi connectivity index (χ1v) is 11.7. The maximum atomic E-state index is 12.5. The van der Waals surface area contributed by atoms with E-state index in [9.17, 15) is 9.59 Å². The number of carbonyl (C=O) groups is 2. The van der Waals surface area contributed by atoms with E-state index >= 15 is 0 Å². The number of halogens is 4. The van der Waals surface area contributed by atoms with Gasteiger partial charge in [-0.1, -0.05) is 58.2 Å². The third-order valence-corrected chi connectivity index (χ3v) is 6.64. The van der Waals surface area contributed by atoms with E-state index in [0.29, 0.717) is 42.3 Å². The van der Waals surface area contributed by atoms with Crippen LogP contribution in [0.2, 0.25) is 20.1 Å². The van der Waals surface area contributed by atoms with Gasteiger partial charge in [0.05, 0.1) is 32.5 Å². The molecule has 0 saturated heterocycles. The number of amides is 2. The summed E-state index contributed by atoms with van der Waals surface area (Å²) in [6.45, 7) is 1.78. The summed E-state index contributed by atoms with van der Waals surface area (Å²) < 4.78 is 1.71. The molecule has 168 valence electrons. The third kappa shape index (κ3) is 6.08. The van der Waals surface area contributed by atoms with Crippen LogP contribution in [-0.4, -0.2) is 32.3 Å². The van der Waals surface area contributed by atoms with E-state index in [1.165, 1.54) is 17.8 Å². The maximum Gasteiger partial charge on any atom is 0.251 e. The summed E-state index contributed by atoms with van der Waals surface area (Å²) in [5.41, 5.74) is 0.807. The third-order valence-electron chi connectivity index (χ3n) is 4.32. The molecule has 3 rings (SSSR count). The second-order valence-electron chi connectivity index (χ2n) is 6.68. The first-order valence-electron chi connectivity index (χ1n) is 9.18. The Morgan fingerprint density at radius 2 is 1.75 bits per heavy atom. The van der Waals surface area contributed by atoms with Gasteiger partial charge in [-0.3, -0.25) is 9.59 Å². The van der Waals surface area contributed by atoms with Crippen molar-refractivity contribution < 1.29 is 9.59 Å². The highest BCUT2D eigenvalue weighted by molar-refractivity contribution is 7.99. The molecule has 0 radical (unpaired) electrons. The highest BCUT2D eigenvalue weighted by atomic mass is 35.5. The highest BCUT2D eigenvalue weighted by Gasteiger charge is 2.19. The summed E-state index contributed by atoms with van der Waals surface area (Å²) in [4.78, 5) is 24.8. The van der Waals surface area contributed by atoms with Gasteiger partial charge in [0.1, 0.15) is 0 Å². The summed E-state index contributed by atoms with van der Waals surface area (Å²) in [6.07, 6.45) is 0. The SMILES string of the molecule is C[C@@H](NC(=O)c1ccc(Cl)c(Cl)c1)c1nnc(SCC(=O)Nc2cc(Cl)ccc2Cl)n1C. The Morgan fingerprint density at radius 3 is 2.47 bits per heavy atom. The van der Waals surface area contributed by atoms with Crippen LogP contribution in [0.1, 0.15) is 29.1 Å². The van der Waals surface area contributed by atoms with Crippen LogP contribution in [0.3, 0.4) is 0 Å². The van der Waals surface area contributed by atoms with Gasteiger partial charge in [-0.05, 0) is 43.3 Å². The van der Waals surface area contributed by atoms with Gasteiger partial charge in [0.25, 0.3) is 5.91 Å². The van der Waals surface area contributed by atoms with Crippen LogP contribution in [0.4, 0.5) is 5.69 Å². The standard InChI is InChI=1S/C20H17Cl4N5O2S/c1-10(25-19(31)11-3-5-13(22)15(24)7-11)18-27-28-20(29(18)2)32-9-17(30)26-16-8-12(21)4-6-14(16)23/h3-8,10H,9H2,1-2H3,(H,25,31)(H,26,30)/t10-/m1/s1. The molecule has 0 fully saturated rings. The minimum atomic E-state index is -0.442. The second kappa shape index (κ2) is 10.8. The van der Waals surface area contributed by atoms with Gasteiger partial charge in [0.2, 0.25) is 5.91 Å². The lowest BCUT2D eigenvalue weighted by molar-refractivity contribution is -0.113. The molecule has 0 spiro atoms. The number of hydrogen-bond acceptors (Lipinski definition) is 5. The molecule has 1 heterocycles. The average Bonchev–Trinajstić information content (AvgIpc) is 3.11. The largest absolute Gasteiger partial charge is 0.342 e. The second-order valence-corrected chi connectivity index (χ2v) is 9.29. The van der Waals surface area contributed by atoms with Crippen LogP contribution in [0, 0.1) is 0 Å². The molecule has 2 N–H and O–H groups in total. The number of carbonyl (C=O) groups excluding carboxylic acids is 2. The van der Waals surface area contributed by atoms with Crippen molar-refractivity contribution in [2.24, 2.45) is 7.05 Å². The van der Waals surface area contributed by atoms with Gasteiger partial charge in [-0.15, -0.1) is 10.2 Å². The lowest BCUT2D eigenvalue weighted by atomic mass is 10.2. The first kappa shape index (κ1) is 24.7. The Kier molecular flexibility index (Phi) is 8.30. The number of hydrogen-bond donors (Lipinski definition) is 2. The van der Waals surface area contributed by atoms with Gasteiger partial charge in [0.15, 0.2) is 11.0 Å². The van der Waals surface area contributed by atoms with Crippen LogP contribution in [-0.2, 0) is 11.8 Å². The van der Waals surface area contributed by atoms with Crippen molar-refractivity contribution in [2.45, 2.75) is 18.1 Å². The van der Waals surface area contributed by atoms with E-state index < -0.39 is 6.04 Å². The zero-order valence-corrected chi connectivity index (χ0v) is 20.7. The molecular weight excluding hydrogens is 516 g/mol. The molecule has 1 atom stereocenters. The number of thioether (sulfide) groups is 1. The molecule has 32 heavy (non-hydrogen) atoms. The Bertz CT molecular complexity index is 1170. The average molecular weight is 533 g/mol. The van der Waals surface area contributed by atoms with Crippen LogP contribution in [0.5, 0.6) is 0 Å². The molecule has 0 aliphatic carbocycles. The molecule has 2 aromatic carbocycles. The molecule has 3 aromatic rings. The molecular formula is C20H17Cl4N5O2S. The monoisotopic (exact) mass is 531 g/mol. The fraction of sp³-hybridized carbons (Fsp3) is 0.200. The predicted octanol–water partition coefficient (Wildman–Crippen LogP) is 5.65. The molecule has 0 aliphatic heterocycles. The minimum absolute atomic E-state index is 0.0822. The molecule has 0 bridgehead atoms. The smallest absolute Gasteiger partial charge is 0.251 e. The van der Waals surface area contributed by atoms with E-state index in [2.05, 4.69) is 20.8 Å². The van der Waals surface area contributed by atoms with Crippen molar-refractivity contribution in [2.75, 3.05) is 11.1 Å². The van der Waals surface area contributed by atoms with Crippen molar-refractivity contribution in [3.63, 3.8) is 0 Å². The van der Waals surface area contributed by atoms with Gasteiger partial charge < -0.3 is 15.2 Å². The van der Waals surface area contributed by atoms with Gasteiger partial charge in [-0.2, -0.15) is 0 Å². The Hall–Kier alpha value is -1.97. The summed E-state index contributed by atoms with van der Waals surface area (Å²) in [7, 11) is 1.76. The highest BCUT2D eigenvalue weighted by Crippen LogP contribution is 2.26. The number of nitrogens with one attached hydrogen (secondary N) is 2.